The van der Waals surface area contributed by atoms with E-state index in [4.69, 9.17) is 0 Å². The normalized spacial score (nSPS) is 14.5. The number of fused-ring (bicyclic) bond motifs is 2. The van der Waals surface area contributed by atoms with E-state index in [1.54, 1.807) is 16.7 Å². The van der Waals surface area contributed by atoms with E-state index in [9.17, 15) is 22.8 Å². The van der Waals surface area contributed by atoms with Crippen LogP contribution in [0, 0.1) is 0 Å². The summed E-state index contributed by atoms with van der Waals surface area (Å²) in [4.78, 5) is 31.8. The predicted molar refractivity (Wildman–Crippen MR) is 115 cm³/mol. The average Bonchev–Trinajstić information content (AvgIpc) is 2.74. The van der Waals surface area contributed by atoms with Crippen LogP contribution in [0.1, 0.15) is 53.0 Å². The molecule has 0 saturated heterocycles. The SMILES string of the molecule is CN(Cc1ccccc1C(F)(F)F)C(=O)c1ccc2c(=O)n3c(nc2c1)CCCCCC3. The van der Waals surface area contributed by atoms with Crippen LogP contribution in [0.15, 0.2) is 47.3 Å². The van der Waals surface area contributed by atoms with E-state index in [-0.39, 0.29) is 23.2 Å². The first kappa shape index (κ1) is 22.0. The molecule has 0 bridgehead atoms. The average molecular weight is 443 g/mol. The third-order valence-corrected chi connectivity index (χ3v) is 5.89. The van der Waals surface area contributed by atoms with Crippen LogP contribution in [0.2, 0.25) is 0 Å². The predicted octanol–water partition coefficient (Wildman–Crippen LogP) is 4.80. The quantitative estimate of drug-likeness (QED) is 0.584. The van der Waals surface area contributed by atoms with Gasteiger partial charge in [-0.05, 0) is 42.7 Å². The van der Waals surface area contributed by atoms with Crippen LogP contribution in [0.25, 0.3) is 10.9 Å². The van der Waals surface area contributed by atoms with Crippen molar-refractivity contribution in [2.45, 2.75) is 51.4 Å². The van der Waals surface area contributed by atoms with Crippen LogP contribution in [-0.2, 0) is 25.7 Å². The van der Waals surface area contributed by atoms with Gasteiger partial charge in [0.1, 0.15) is 5.82 Å². The third-order valence-electron chi connectivity index (χ3n) is 5.89. The molecule has 0 fully saturated rings. The monoisotopic (exact) mass is 443 g/mol. The van der Waals surface area contributed by atoms with Gasteiger partial charge in [-0.2, -0.15) is 13.2 Å². The minimum atomic E-state index is -4.49. The highest BCUT2D eigenvalue weighted by Crippen LogP contribution is 2.32. The second-order valence-electron chi connectivity index (χ2n) is 8.20. The van der Waals surface area contributed by atoms with Crippen molar-refractivity contribution in [3.8, 4) is 0 Å². The lowest BCUT2D eigenvalue weighted by Gasteiger charge is -2.21. The molecule has 0 aliphatic carbocycles. The van der Waals surface area contributed by atoms with Crippen molar-refractivity contribution in [2.75, 3.05) is 7.05 Å². The lowest BCUT2D eigenvalue weighted by atomic mass is 10.1. The summed E-state index contributed by atoms with van der Waals surface area (Å²) in [7, 11) is 1.46. The summed E-state index contributed by atoms with van der Waals surface area (Å²) in [6, 6.07) is 9.90. The fourth-order valence-corrected chi connectivity index (χ4v) is 4.21. The lowest BCUT2D eigenvalue weighted by molar-refractivity contribution is -0.138. The van der Waals surface area contributed by atoms with Crippen LogP contribution in [0.5, 0.6) is 0 Å². The minimum Gasteiger partial charge on any atom is -0.337 e. The first-order chi connectivity index (χ1) is 15.3. The van der Waals surface area contributed by atoms with Crippen molar-refractivity contribution in [2.24, 2.45) is 0 Å². The highest BCUT2D eigenvalue weighted by molar-refractivity contribution is 5.97. The van der Waals surface area contributed by atoms with E-state index in [0.29, 0.717) is 23.9 Å². The Labute approximate surface area is 183 Å². The molecule has 0 saturated carbocycles. The number of carbonyl (C=O) groups is 1. The number of amides is 1. The molecule has 8 heteroatoms. The maximum absolute atomic E-state index is 13.3. The third kappa shape index (κ3) is 4.40. The molecule has 1 amide bonds. The van der Waals surface area contributed by atoms with Gasteiger partial charge in [0.05, 0.1) is 16.5 Å². The standard InChI is InChI=1S/C24H24F3N3O2/c1-29(15-17-8-5-6-9-19(17)24(25,26)27)22(31)16-11-12-18-20(14-16)28-21-10-4-2-3-7-13-30(21)23(18)32/h5-6,8-9,11-12,14H,2-4,7,10,13,15H2,1H3. The van der Waals surface area contributed by atoms with Crippen molar-refractivity contribution >= 4 is 16.8 Å². The van der Waals surface area contributed by atoms with Gasteiger partial charge in [0, 0.05) is 32.1 Å². The first-order valence-corrected chi connectivity index (χ1v) is 10.7. The molecule has 3 aromatic rings. The van der Waals surface area contributed by atoms with Gasteiger partial charge in [0.2, 0.25) is 0 Å². The van der Waals surface area contributed by atoms with Crippen molar-refractivity contribution in [1.82, 2.24) is 14.5 Å². The van der Waals surface area contributed by atoms with Crippen LogP contribution >= 0.6 is 0 Å². The summed E-state index contributed by atoms with van der Waals surface area (Å²) < 4.78 is 41.6. The van der Waals surface area contributed by atoms with Gasteiger partial charge in [-0.25, -0.2) is 4.98 Å². The summed E-state index contributed by atoms with van der Waals surface area (Å²) >= 11 is 0. The zero-order valence-corrected chi connectivity index (χ0v) is 17.8. The maximum atomic E-state index is 13.3. The van der Waals surface area contributed by atoms with Crippen molar-refractivity contribution in [3.63, 3.8) is 0 Å². The largest absolute Gasteiger partial charge is 0.416 e. The Kier molecular flexibility index (Phi) is 6.04. The number of hydrogen-bond acceptors (Lipinski definition) is 3. The van der Waals surface area contributed by atoms with E-state index in [2.05, 4.69) is 4.98 Å². The van der Waals surface area contributed by atoms with Gasteiger partial charge in [0.15, 0.2) is 0 Å². The molecule has 1 aliphatic heterocycles. The van der Waals surface area contributed by atoms with Gasteiger partial charge in [-0.3, -0.25) is 14.2 Å². The molecular formula is C24H24F3N3O2. The Hall–Kier alpha value is -3.16. The number of hydrogen-bond donors (Lipinski definition) is 0. The van der Waals surface area contributed by atoms with Gasteiger partial charge in [-0.15, -0.1) is 0 Å². The Balaban J connectivity index is 1.64. The number of carbonyl (C=O) groups excluding carboxylic acids is 1. The molecular weight excluding hydrogens is 419 g/mol. The molecule has 32 heavy (non-hydrogen) atoms. The summed E-state index contributed by atoms with van der Waals surface area (Å²) in [6.07, 6.45) is 0.278. The summed E-state index contributed by atoms with van der Waals surface area (Å²) in [5, 5.41) is 0.441. The molecule has 5 nitrogen and oxygen atoms in total. The summed E-state index contributed by atoms with van der Waals surface area (Å²) in [6.45, 7) is 0.450. The number of halogens is 3. The molecule has 168 valence electrons. The van der Waals surface area contributed by atoms with Crippen molar-refractivity contribution in [3.05, 3.63) is 75.3 Å². The fraction of sp³-hybridized carbons (Fsp3) is 0.375. The molecule has 4 rings (SSSR count). The van der Waals surface area contributed by atoms with Gasteiger partial charge >= 0.3 is 6.18 Å². The van der Waals surface area contributed by atoms with Gasteiger partial charge in [0.25, 0.3) is 11.5 Å². The van der Waals surface area contributed by atoms with Crippen molar-refractivity contribution in [1.29, 1.82) is 0 Å². The van der Waals surface area contributed by atoms with Crippen LogP contribution < -0.4 is 5.56 Å². The highest BCUT2D eigenvalue weighted by atomic mass is 19.4. The zero-order valence-electron chi connectivity index (χ0n) is 17.8. The second kappa shape index (κ2) is 8.76. The molecule has 1 aromatic heterocycles. The Morgan fingerprint density at radius 1 is 1.09 bits per heavy atom. The van der Waals surface area contributed by atoms with Crippen LogP contribution in [0.3, 0.4) is 0 Å². The number of aryl methyl sites for hydroxylation is 1. The van der Waals surface area contributed by atoms with Crippen LogP contribution in [-0.4, -0.2) is 27.4 Å². The van der Waals surface area contributed by atoms with E-state index in [1.165, 1.54) is 36.2 Å². The number of aromatic nitrogens is 2. The summed E-state index contributed by atoms with van der Waals surface area (Å²) in [5.41, 5.74) is -0.122. The van der Waals surface area contributed by atoms with E-state index in [0.717, 1.165) is 37.6 Å². The molecule has 2 aromatic carbocycles. The first-order valence-electron chi connectivity index (χ1n) is 10.7. The van der Waals surface area contributed by atoms with Gasteiger partial charge < -0.3 is 4.90 Å². The fourth-order valence-electron chi connectivity index (χ4n) is 4.21. The second-order valence-corrected chi connectivity index (χ2v) is 8.20. The molecule has 0 radical (unpaired) electrons. The summed E-state index contributed by atoms with van der Waals surface area (Å²) in [5.74, 6) is 0.289. The number of rotatable bonds is 3. The Bertz CT molecular complexity index is 1220. The molecule has 0 unspecified atom stereocenters. The number of nitrogens with zero attached hydrogens (tertiary/aromatic N) is 3. The molecule has 0 spiro atoms. The van der Waals surface area contributed by atoms with E-state index < -0.39 is 17.6 Å². The van der Waals surface area contributed by atoms with Crippen molar-refractivity contribution < 1.29 is 18.0 Å². The van der Waals surface area contributed by atoms with E-state index in [1.807, 2.05) is 0 Å². The molecule has 0 N–H and O–H groups in total. The smallest absolute Gasteiger partial charge is 0.337 e. The number of alkyl halides is 3. The Morgan fingerprint density at radius 2 is 1.84 bits per heavy atom. The zero-order chi connectivity index (χ0) is 22.9. The topological polar surface area (TPSA) is 55.2 Å². The van der Waals surface area contributed by atoms with Crippen LogP contribution in [0.4, 0.5) is 13.2 Å². The number of benzene rings is 2. The molecule has 0 atom stereocenters. The van der Waals surface area contributed by atoms with Gasteiger partial charge in [-0.1, -0.05) is 31.0 Å². The highest BCUT2D eigenvalue weighted by Gasteiger charge is 2.33. The molecule has 2 heterocycles. The maximum Gasteiger partial charge on any atom is 0.416 e. The van der Waals surface area contributed by atoms with E-state index >= 15 is 0 Å². The lowest BCUT2D eigenvalue weighted by Crippen LogP contribution is -2.28. The minimum absolute atomic E-state index is 0.0226. The Morgan fingerprint density at radius 3 is 2.62 bits per heavy atom. The molecule has 1 aliphatic rings.